The molecule has 0 bridgehead atoms. The summed E-state index contributed by atoms with van der Waals surface area (Å²) in [5.74, 6) is 0. The van der Waals surface area contributed by atoms with Gasteiger partial charge >= 0.3 is 0 Å². The van der Waals surface area contributed by atoms with Crippen LogP contribution in [0.4, 0.5) is 0 Å². The number of hydrogen-bond donors (Lipinski definition) is 0. The van der Waals surface area contributed by atoms with Gasteiger partial charge in [0, 0.05) is 38.6 Å². The second-order valence-electron chi connectivity index (χ2n) is 4.68. The normalized spacial score (nSPS) is 21.7. The minimum Gasteiger partial charge on any atom is -0.373 e. The first-order chi connectivity index (χ1) is 7.16. The maximum atomic E-state index is 5.67. The van der Waals surface area contributed by atoms with Gasteiger partial charge in [-0.3, -0.25) is 4.90 Å². The monoisotopic (exact) mass is 209 g/mol. The molecule has 0 radical (unpaired) electrons. The Hall–Kier alpha value is -0.870. The Kier molecular flexibility index (Phi) is 3.07. The molecule has 15 heavy (non-hydrogen) atoms. The van der Waals surface area contributed by atoms with Crippen molar-refractivity contribution in [3.63, 3.8) is 0 Å². The molecule has 1 aromatic heterocycles. The third kappa shape index (κ3) is 3.04. The maximum absolute atomic E-state index is 5.67. The van der Waals surface area contributed by atoms with Crippen molar-refractivity contribution in [1.29, 1.82) is 0 Å². The zero-order valence-corrected chi connectivity index (χ0v) is 9.52. The average Bonchev–Trinajstić information content (AvgIpc) is 2.65. The Labute approximate surface area is 90.9 Å². The fourth-order valence-electron chi connectivity index (χ4n) is 1.98. The lowest BCUT2D eigenvalue weighted by atomic mass is 10.1. The average molecular weight is 209 g/mol. The molecule has 1 saturated heterocycles. The lowest BCUT2D eigenvalue weighted by Gasteiger charge is -2.38. The van der Waals surface area contributed by atoms with Gasteiger partial charge in [-0.2, -0.15) is 0 Å². The van der Waals surface area contributed by atoms with Gasteiger partial charge in [0.2, 0.25) is 0 Å². The third-order valence-corrected chi connectivity index (χ3v) is 2.74. The molecule has 1 aliphatic heterocycles. The molecule has 0 saturated carbocycles. The lowest BCUT2D eigenvalue weighted by Crippen LogP contribution is -2.48. The molecule has 0 atom stereocenters. The van der Waals surface area contributed by atoms with Crippen LogP contribution in [0.25, 0.3) is 0 Å². The number of aromatic nitrogens is 2. The predicted molar refractivity (Wildman–Crippen MR) is 58.7 cm³/mol. The molecule has 0 unspecified atom stereocenters. The first kappa shape index (κ1) is 10.6. The summed E-state index contributed by atoms with van der Waals surface area (Å²) in [6.07, 6.45) is 5.69. The van der Waals surface area contributed by atoms with E-state index in [2.05, 4.69) is 28.3 Å². The first-order valence-corrected chi connectivity index (χ1v) is 5.48. The summed E-state index contributed by atoms with van der Waals surface area (Å²) in [4.78, 5) is 6.48. The van der Waals surface area contributed by atoms with Gasteiger partial charge in [-0.15, -0.1) is 0 Å². The molecule has 0 spiro atoms. The number of morpholine rings is 1. The predicted octanol–water partition coefficient (Wildman–Crippen LogP) is 0.994. The summed E-state index contributed by atoms with van der Waals surface area (Å²) in [6.45, 7) is 9.28. The highest BCUT2D eigenvalue weighted by atomic mass is 16.5. The molecule has 4 heteroatoms. The first-order valence-electron chi connectivity index (χ1n) is 5.48. The van der Waals surface area contributed by atoms with Gasteiger partial charge in [-0.05, 0) is 13.8 Å². The van der Waals surface area contributed by atoms with Gasteiger partial charge < -0.3 is 9.30 Å². The summed E-state index contributed by atoms with van der Waals surface area (Å²) in [7, 11) is 0. The van der Waals surface area contributed by atoms with Crippen molar-refractivity contribution in [2.75, 3.05) is 26.2 Å². The zero-order chi connectivity index (χ0) is 10.7. The summed E-state index contributed by atoms with van der Waals surface area (Å²) in [5, 5.41) is 0. The van der Waals surface area contributed by atoms with E-state index in [1.54, 1.807) is 0 Å². The van der Waals surface area contributed by atoms with E-state index in [4.69, 9.17) is 4.74 Å². The van der Waals surface area contributed by atoms with E-state index in [1.165, 1.54) is 0 Å². The van der Waals surface area contributed by atoms with Crippen LogP contribution in [0, 0.1) is 0 Å². The molecule has 1 aliphatic rings. The molecular weight excluding hydrogens is 190 g/mol. The highest BCUT2D eigenvalue weighted by molar-refractivity contribution is 4.80. The van der Waals surface area contributed by atoms with Crippen LogP contribution >= 0.6 is 0 Å². The van der Waals surface area contributed by atoms with E-state index >= 15 is 0 Å². The Morgan fingerprint density at radius 3 is 2.93 bits per heavy atom. The topological polar surface area (TPSA) is 30.3 Å². The number of imidazole rings is 1. The van der Waals surface area contributed by atoms with Gasteiger partial charge in [-0.25, -0.2) is 4.98 Å². The van der Waals surface area contributed by atoms with Gasteiger partial charge in [0.05, 0.1) is 18.5 Å². The van der Waals surface area contributed by atoms with Crippen LogP contribution in [0.2, 0.25) is 0 Å². The van der Waals surface area contributed by atoms with Crippen molar-refractivity contribution < 1.29 is 4.74 Å². The molecule has 4 nitrogen and oxygen atoms in total. The van der Waals surface area contributed by atoms with Crippen molar-refractivity contribution in [3.05, 3.63) is 18.7 Å². The van der Waals surface area contributed by atoms with Crippen LogP contribution in [0.5, 0.6) is 0 Å². The number of ether oxygens (including phenoxy) is 1. The van der Waals surface area contributed by atoms with Crippen LogP contribution in [0.3, 0.4) is 0 Å². The molecule has 2 heterocycles. The van der Waals surface area contributed by atoms with E-state index in [-0.39, 0.29) is 5.60 Å². The largest absolute Gasteiger partial charge is 0.373 e. The van der Waals surface area contributed by atoms with Crippen molar-refractivity contribution in [3.8, 4) is 0 Å². The standard InChI is InChI=1S/C11H19N3O/c1-11(2)9-13(7-8-15-11)5-6-14-4-3-12-10-14/h3-4,10H,5-9H2,1-2H3. The van der Waals surface area contributed by atoms with Crippen LogP contribution in [-0.4, -0.2) is 46.3 Å². The van der Waals surface area contributed by atoms with Gasteiger partial charge in [0.1, 0.15) is 0 Å². The Morgan fingerprint density at radius 2 is 2.27 bits per heavy atom. The lowest BCUT2D eigenvalue weighted by molar-refractivity contribution is -0.0864. The molecule has 0 aromatic carbocycles. The van der Waals surface area contributed by atoms with Crippen LogP contribution < -0.4 is 0 Å². The summed E-state index contributed by atoms with van der Waals surface area (Å²) >= 11 is 0. The van der Waals surface area contributed by atoms with E-state index in [0.29, 0.717) is 0 Å². The van der Waals surface area contributed by atoms with Crippen molar-refractivity contribution in [2.24, 2.45) is 0 Å². The number of hydrogen-bond acceptors (Lipinski definition) is 3. The molecular formula is C11H19N3O. The smallest absolute Gasteiger partial charge is 0.0946 e. The Bertz CT molecular complexity index is 295. The molecule has 1 aromatic rings. The Balaban J connectivity index is 1.80. The molecule has 0 aliphatic carbocycles. The van der Waals surface area contributed by atoms with E-state index in [0.717, 1.165) is 32.8 Å². The van der Waals surface area contributed by atoms with Crippen molar-refractivity contribution >= 4 is 0 Å². The summed E-state index contributed by atoms with van der Waals surface area (Å²) < 4.78 is 7.79. The van der Waals surface area contributed by atoms with E-state index in [1.807, 2.05) is 18.7 Å². The van der Waals surface area contributed by atoms with Crippen LogP contribution in [0.1, 0.15) is 13.8 Å². The van der Waals surface area contributed by atoms with Crippen LogP contribution in [0.15, 0.2) is 18.7 Å². The minimum absolute atomic E-state index is 0.00713. The molecule has 84 valence electrons. The van der Waals surface area contributed by atoms with Crippen LogP contribution in [-0.2, 0) is 11.3 Å². The quantitative estimate of drug-likeness (QED) is 0.744. The molecule has 1 fully saturated rings. The fraction of sp³-hybridized carbons (Fsp3) is 0.727. The summed E-state index contributed by atoms with van der Waals surface area (Å²) in [5.41, 5.74) is 0.00713. The molecule has 0 N–H and O–H groups in total. The number of nitrogens with zero attached hydrogens (tertiary/aromatic N) is 3. The maximum Gasteiger partial charge on any atom is 0.0946 e. The third-order valence-electron chi connectivity index (χ3n) is 2.74. The van der Waals surface area contributed by atoms with Gasteiger partial charge in [-0.1, -0.05) is 0 Å². The van der Waals surface area contributed by atoms with E-state index in [9.17, 15) is 0 Å². The Morgan fingerprint density at radius 1 is 1.40 bits per heavy atom. The van der Waals surface area contributed by atoms with Gasteiger partial charge in [0.15, 0.2) is 0 Å². The van der Waals surface area contributed by atoms with E-state index < -0.39 is 0 Å². The highest BCUT2D eigenvalue weighted by Crippen LogP contribution is 2.15. The molecule has 0 amide bonds. The SMILES string of the molecule is CC1(C)CN(CCn2ccnc2)CCO1. The second-order valence-corrected chi connectivity index (χ2v) is 4.68. The van der Waals surface area contributed by atoms with Gasteiger partial charge in [0.25, 0.3) is 0 Å². The zero-order valence-electron chi connectivity index (χ0n) is 9.52. The van der Waals surface area contributed by atoms with Crippen molar-refractivity contribution in [1.82, 2.24) is 14.5 Å². The minimum atomic E-state index is 0.00713. The number of rotatable bonds is 3. The fourth-order valence-corrected chi connectivity index (χ4v) is 1.98. The summed E-state index contributed by atoms with van der Waals surface area (Å²) in [6, 6.07) is 0. The highest BCUT2D eigenvalue weighted by Gasteiger charge is 2.26. The van der Waals surface area contributed by atoms with Crippen molar-refractivity contribution in [2.45, 2.75) is 26.0 Å². The molecule has 2 rings (SSSR count). The second kappa shape index (κ2) is 4.33.